The molecule has 0 radical (unpaired) electrons. The molecule has 2 heterocycles. The maximum Gasteiger partial charge on any atom is 0.131 e. The van der Waals surface area contributed by atoms with E-state index >= 15 is 0 Å². The minimum absolute atomic E-state index is 0.292. The summed E-state index contributed by atoms with van der Waals surface area (Å²) in [5.41, 5.74) is 4.17. The van der Waals surface area contributed by atoms with E-state index in [9.17, 15) is 4.21 Å². The molecule has 2 aromatic heterocycles. The molecule has 126 valence electrons. The van der Waals surface area contributed by atoms with Crippen LogP contribution in [0.2, 0.25) is 0 Å². The van der Waals surface area contributed by atoms with Crippen LogP contribution < -0.4 is 9.47 Å². The molecule has 1 atom stereocenters. The standard InChI is InChI=1S/C17H19N3O3S/c1-11-8-18-15(12(2)17(11)23-4)9-24(21)20-10-19-14-7-13(22-3)5-6-16(14)20/h5-8,10H,9H2,1-4H3/t24-/m1/s1. The van der Waals surface area contributed by atoms with Crippen molar-refractivity contribution in [1.29, 1.82) is 0 Å². The fraction of sp³-hybridized carbons (Fsp3) is 0.294. The summed E-state index contributed by atoms with van der Waals surface area (Å²) in [4.78, 5) is 8.72. The summed E-state index contributed by atoms with van der Waals surface area (Å²) in [6.07, 6.45) is 3.33. The van der Waals surface area contributed by atoms with Crippen LogP contribution in [0.4, 0.5) is 0 Å². The van der Waals surface area contributed by atoms with Crippen LogP contribution in [-0.2, 0) is 16.7 Å². The van der Waals surface area contributed by atoms with Gasteiger partial charge in [0.1, 0.15) is 28.8 Å². The second kappa shape index (κ2) is 6.60. The third-order valence-electron chi connectivity index (χ3n) is 3.95. The summed E-state index contributed by atoms with van der Waals surface area (Å²) in [5.74, 6) is 1.80. The normalized spacial score (nSPS) is 12.3. The Kier molecular flexibility index (Phi) is 4.53. The predicted octanol–water partition coefficient (Wildman–Crippen LogP) is 2.78. The number of imidazole rings is 1. The molecule has 0 amide bonds. The molecule has 0 spiro atoms. The molecular formula is C17H19N3O3S. The molecule has 0 unspecified atom stereocenters. The fourth-order valence-electron chi connectivity index (χ4n) is 2.66. The van der Waals surface area contributed by atoms with E-state index in [4.69, 9.17) is 9.47 Å². The first-order valence-corrected chi connectivity index (χ1v) is 8.71. The summed E-state index contributed by atoms with van der Waals surface area (Å²) >= 11 is 0. The number of aryl methyl sites for hydroxylation is 1. The van der Waals surface area contributed by atoms with Crippen molar-refractivity contribution in [2.75, 3.05) is 14.2 Å². The maximum atomic E-state index is 12.8. The van der Waals surface area contributed by atoms with Gasteiger partial charge in [-0.1, -0.05) is 0 Å². The number of methoxy groups -OCH3 is 2. The molecule has 6 nitrogen and oxygen atoms in total. The molecule has 0 bridgehead atoms. The number of hydrogen-bond acceptors (Lipinski definition) is 5. The van der Waals surface area contributed by atoms with Crippen molar-refractivity contribution in [3.63, 3.8) is 0 Å². The average molecular weight is 345 g/mol. The number of rotatable bonds is 5. The lowest BCUT2D eigenvalue weighted by Crippen LogP contribution is -2.09. The van der Waals surface area contributed by atoms with Gasteiger partial charge in [0.25, 0.3) is 0 Å². The Morgan fingerprint density at radius 1 is 1.17 bits per heavy atom. The predicted molar refractivity (Wildman–Crippen MR) is 93.8 cm³/mol. The molecule has 0 aliphatic carbocycles. The molecule has 0 N–H and O–H groups in total. The van der Waals surface area contributed by atoms with Gasteiger partial charge in [-0.25, -0.2) is 13.2 Å². The van der Waals surface area contributed by atoms with Crippen LogP contribution in [0.1, 0.15) is 16.8 Å². The number of fused-ring (bicyclic) bond motifs is 1. The molecule has 7 heteroatoms. The SMILES string of the molecule is COc1ccc2c(c1)ncn2[S@](=O)Cc1ncc(C)c(OC)c1C. The Bertz CT molecular complexity index is 921. The van der Waals surface area contributed by atoms with Crippen LogP contribution in [0.15, 0.2) is 30.7 Å². The van der Waals surface area contributed by atoms with Crippen molar-refractivity contribution >= 4 is 22.0 Å². The van der Waals surface area contributed by atoms with Gasteiger partial charge in [0.2, 0.25) is 0 Å². The van der Waals surface area contributed by atoms with E-state index < -0.39 is 11.0 Å². The topological polar surface area (TPSA) is 66.2 Å². The van der Waals surface area contributed by atoms with Gasteiger partial charge in [-0.15, -0.1) is 0 Å². The number of hydrogen-bond donors (Lipinski definition) is 0. The molecule has 24 heavy (non-hydrogen) atoms. The summed E-state index contributed by atoms with van der Waals surface area (Å²) in [7, 11) is 1.92. The Morgan fingerprint density at radius 3 is 2.67 bits per heavy atom. The third-order valence-corrected chi connectivity index (χ3v) is 5.20. The van der Waals surface area contributed by atoms with Gasteiger partial charge in [0.15, 0.2) is 0 Å². The first kappa shape index (κ1) is 16.4. The number of pyridine rings is 1. The highest BCUT2D eigenvalue weighted by molar-refractivity contribution is 7.82. The van der Waals surface area contributed by atoms with Crippen molar-refractivity contribution in [2.45, 2.75) is 19.6 Å². The maximum absolute atomic E-state index is 12.8. The monoisotopic (exact) mass is 345 g/mol. The number of benzene rings is 1. The van der Waals surface area contributed by atoms with E-state index in [0.717, 1.165) is 39.4 Å². The smallest absolute Gasteiger partial charge is 0.131 e. The molecule has 0 aliphatic heterocycles. The zero-order valence-corrected chi connectivity index (χ0v) is 14.9. The largest absolute Gasteiger partial charge is 0.497 e. The van der Waals surface area contributed by atoms with Crippen molar-refractivity contribution in [3.05, 3.63) is 47.5 Å². The highest BCUT2D eigenvalue weighted by Crippen LogP contribution is 2.26. The van der Waals surface area contributed by atoms with Gasteiger partial charge >= 0.3 is 0 Å². The van der Waals surface area contributed by atoms with Crippen molar-refractivity contribution in [1.82, 2.24) is 13.9 Å². The van der Waals surface area contributed by atoms with E-state index in [-0.39, 0.29) is 0 Å². The molecule has 3 rings (SSSR count). The summed E-state index contributed by atoms with van der Waals surface area (Å²) in [5, 5.41) is 0. The minimum atomic E-state index is -1.32. The van der Waals surface area contributed by atoms with E-state index in [0.29, 0.717) is 5.75 Å². The third kappa shape index (κ3) is 2.87. The molecule has 1 aromatic carbocycles. The zero-order valence-electron chi connectivity index (χ0n) is 14.1. The van der Waals surface area contributed by atoms with Gasteiger partial charge in [-0.05, 0) is 26.0 Å². The van der Waals surface area contributed by atoms with Crippen LogP contribution in [0.3, 0.4) is 0 Å². The fourth-order valence-corrected chi connectivity index (χ4v) is 3.85. The van der Waals surface area contributed by atoms with Gasteiger partial charge in [-0.3, -0.25) is 4.98 Å². The molecule has 0 saturated carbocycles. The van der Waals surface area contributed by atoms with Crippen LogP contribution in [-0.4, -0.2) is 32.4 Å². The second-order valence-electron chi connectivity index (χ2n) is 5.44. The Hall–Kier alpha value is -2.41. The second-order valence-corrected chi connectivity index (χ2v) is 6.76. The lowest BCUT2D eigenvalue weighted by atomic mass is 10.1. The van der Waals surface area contributed by atoms with Crippen molar-refractivity contribution in [2.24, 2.45) is 0 Å². The van der Waals surface area contributed by atoms with E-state index in [1.165, 1.54) is 0 Å². The molecule has 0 fully saturated rings. The van der Waals surface area contributed by atoms with Crippen LogP contribution in [0.5, 0.6) is 11.5 Å². The number of ether oxygens (including phenoxy) is 2. The summed E-state index contributed by atoms with van der Waals surface area (Å²) < 4.78 is 25.1. The lowest BCUT2D eigenvalue weighted by molar-refractivity contribution is 0.407. The van der Waals surface area contributed by atoms with Crippen LogP contribution in [0, 0.1) is 13.8 Å². The van der Waals surface area contributed by atoms with Crippen LogP contribution >= 0.6 is 0 Å². The van der Waals surface area contributed by atoms with E-state index in [1.54, 1.807) is 30.7 Å². The molecule has 3 aromatic rings. The first-order valence-electron chi connectivity index (χ1n) is 7.44. The Labute approximate surface area is 143 Å². The van der Waals surface area contributed by atoms with Gasteiger partial charge in [0.05, 0.1) is 36.7 Å². The minimum Gasteiger partial charge on any atom is -0.497 e. The quantitative estimate of drug-likeness (QED) is 0.711. The average Bonchev–Trinajstić information content (AvgIpc) is 3.01. The van der Waals surface area contributed by atoms with Gasteiger partial charge in [-0.2, -0.15) is 0 Å². The van der Waals surface area contributed by atoms with Crippen LogP contribution in [0.25, 0.3) is 11.0 Å². The van der Waals surface area contributed by atoms with Gasteiger partial charge in [0, 0.05) is 23.4 Å². The Balaban J connectivity index is 1.93. The van der Waals surface area contributed by atoms with Crippen molar-refractivity contribution < 1.29 is 13.7 Å². The zero-order chi connectivity index (χ0) is 17.3. The number of aromatic nitrogens is 3. The number of nitrogens with zero attached hydrogens (tertiary/aromatic N) is 3. The highest BCUT2D eigenvalue weighted by Gasteiger charge is 2.15. The Morgan fingerprint density at radius 2 is 1.96 bits per heavy atom. The highest BCUT2D eigenvalue weighted by atomic mass is 32.2. The summed E-state index contributed by atoms with van der Waals surface area (Å²) in [6, 6.07) is 5.51. The van der Waals surface area contributed by atoms with Gasteiger partial charge < -0.3 is 9.47 Å². The molecule has 0 aliphatic rings. The summed E-state index contributed by atoms with van der Waals surface area (Å²) in [6.45, 7) is 3.87. The van der Waals surface area contributed by atoms with E-state index in [1.807, 2.05) is 32.0 Å². The van der Waals surface area contributed by atoms with E-state index in [2.05, 4.69) is 9.97 Å². The molecular weight excluding hydrogens is 326 g/mol. The molecule has 0 saturated heterocycles. The lowest BCUT2D eigenvalue weighted by Gasteiger charge is -2.12. The van der Waals surface area contributed by atoms with Crippen molar-refractivity contribution in [3.8, 4) is 11.5 Å². The first-order chi connectivity index (χ1) is 11.5.